The van der Waals surface area contributed by atoms with E-state index in [1.54, 1.807) is 35.1 Å². The monoisotopic (exact) mass is 417 g/mol. The molecule has 6 nitrogen and oxygen atoms in total. The van der Waals surface area contributed by atoms with Crippen molar-refractivity contribution in [3.05, 3.63) is 81.9 Å². The normalized spacial score (nSPS) is 11.9. The maximum atomic E-state index is 12.5. The van der Waals surface area contributed by atoms with Crippen LogP contribution in [0.3, 0.4) is 0 Å². The standard InChI is InChI=1S/C20H21Cl2N5O/c1-14(18-8-7-17(21)9-19(18)22)26(2)20(28)24-10-15-3-5-16(6-4-15)11-27-13-23-12-25-27/h3-9,12-14H,10-11H2,1-2H3,(H,24,28)/t14-/m0/s1. The van der Waals surface area contributed by atoms with Crippen LogP contribution in [0.2, 0.25) is 10.0 Å². The van der Waals surface area contributed by atoms with Crippen molar-refractivity contribution in [1.82, 2.24) is 25.0 Å². The molecule has 3 rings (SSSR count). The second-order valence-corrected chi connectivity index (χ2v) is 7.36. The number of halogens is 2. The van der Waals surface area contributed by atoms with E-state index in [1.165, 1.54) is 6.33 Å². The van der Waals surface area contributed by atoms with Crippen LogP contribution >= 0.6 is 23.2 Å². The first-order chi connectivity index (χ1) is 13.4. The quantitative estimate of drug-likeness (QED) is 0.640. The highest BCUT2D eigenvalue weighted by molar-refractivity contribution is 6.35. The van der Waals surface area contributed by atoms with Gasteiger partial charge in [0, 0.05) is 23.6 Å². The predicted octanol–water partition coefficient (Wildman–Crippen LogP) is 4.54. The molecule has 0 aliphatic heterocycles. The SMILES string of the molecule is C[C@@H](c1ccc(Cl)cc1Cl)N(C)C(=O)NCc1ccc(Cn2cncn2)cc1. The van der Waals surface area contributed by atoms with E-state index in [1.807, 2.05) is 37.3 Å². The molecule has 0 spiro atoms. The fraction of sp³-hybridized carbons (Fsp3) is 0.250. The lowest BCUT2D eigenvalue weighted by atomic mass is 10.1. The molecule has 2 amide bonds. The summed E-state index contributed by atoms with van der Waals surface area (Å²) in [6.07, 6.45) is 3.19. The second kappa shape index (κ2) is 9.08. The Bertz CT molecular complexity index is 928. The van der Waals surface area contributed by atoms with Gasteiger partial charge in [-0.15, -0.1) is 0 Å². The van der Waals surface area contributed by atoms with Crippen LogP contribution in [0, 0.1) is 0 Å². The molecule has 0 aliphatic carbocycles. The van der Waals surface area contributed by atoms with E-state index in [4.69, 9.17) is 23.2 Å². The van der Waals surface area contributed by atoms with Gasteiger partial charge >= 0.3 is 6.03 Å². The first-order valence-corrected chi connectivity index (χ1v) is 9.55. The summed E-state index contributed by atoms with van der Waals surface area (Å²) >= 11 is 12.2. The topological polar surface area (TPSA) is 63.1 Å². The number of rotatable bonds is 6. The average Bonchev–Trinajstić information content (AvgIpc) is 3.19. The van der Waals surface area contributed by atoms with Crippen molar-refractivity contribution >= 4 is 29.2 Å². The molecule has 0 aliphatic rings. The van der Waals surface area contributed by atoms with E-state index >= 15 is 0 Å². The lowest BCUT2D eigenvalue weighted by molar-refractivity contribution is 0.194. The van der Waals surface area contributed by atoms with E-state index in [0.717, 1.165) is 16.7 Å². The van der Waals surface area contributed by atoms with Crippen LogP contribution < -0.4 is 5.32 Å². The van der Waals surface area contributed by atoms with Gasteiger partial charge in [0.25, 0.3) is 0 Å². The highest BCUT2D eigenvalue weighted by Crippen LogP contribution is 2.29. The molecule has 2 aromatic carbocycles. The summed E-state index contributed by atoms with van der Waals surface area (Å²) < 4.78 is 1.76. The maximum Gasteiger partial charge on any atom is 0.317 e. The molecule has 0 radical (unpaired) electrons. The molecular formula is C20H21Cl2N5O. The Hall–Kier alpha value is -2.57. The number of carbonyl (C=O) groups is 1. The third-order valence-corrected chi connectivity index (χ3v) is 5.15. The lowest BCUT2D eigenvalue weighted by Gasteiger charge is -2.26. The predicted molar refractivity (Wildman–Crippen MR) is 110 cm³/mol. The van der Waals surface area contributed by atoms with Crippen molar-refractivity contribution in [2.24, 2.45) is 0 Å². The summed E-state index contributed by atoms with van der Waals surface area (Å²) in [5.74, 6) is 0. The van der Waals surface area contributed by atoms with Crippen LogP contribution in [0.4, 0.5) is 4.79 Å². The zero-order valence-electron chi connectivity index (χ0n) is 15.6. The summed E-state index contributed by atoms with van der Waals surface area (Å²) in [6.45, 7) is 3.02. The number of nitrogens with zero attached hydrogens (tertiary/aromatic N) is 4. The van der Waals surface area contributed by atoms with Crippen LogP contribution in [0.15, 0.2) is 55.1 Å². The minimum absolute atomic E-state index is 0.176. The molecule has 3 aromatic rings. The van der Waals surface area contributed by atoms with Gasteiger partial charge in [-0.2, -0.15) is 5.10 Å². The maximum absolute atomic E-state index is 12.5. The molecular weight excluding hydrogens is 397 g/mol. The first kappa shape index (κ1) is 20.2. The van der Waals surface area contributed by atoms with Gasteiger partial charge in [0.1, 0.15) is 12.7 Å². The second-order valence-electron chi connectivity index (χ2n) is 6.52. The van der Waals surface area contributed by atoms with Crippen LogP contribution in [0.5, 0.6) is 0 Å². The summed E-state index contributed by atoms with van der Waals surface area (Å²) in [6, 6.07) is 12.9. The van der Waals surface area contributed by atoms with Crippen molar-refractivity contribution in [3.63, 3.8) is 0 Å². The number of benzene rings is 2. The third kappa shape index (κ3) is 5.03. The molecule has 0 unspecified atom stereocenters. The molecule has 1 heterocycles. The van der Waals surface area contributed by atoms with E-state index < -0.39 is 0 Å². The van der Waals surface area contributed by atoms with Crippen LogP contribution in [-0.4, -0.2) is 32.7 Å². The summed E-state index contributed by atoms with van der Waals surface area (Å²) in [5, 5.41) is 8.14. The van der Waals surface area contributed by atoms with Gasteiger partial charge in [-0.25, -0.2) is 14.5 Å². The summed E-state index contributed by atoms with van der Waals surface area (Å²) in [7, 11) is 1.74. The Kier molecular flexibility index (Phi) is 6.54. The molecule has 0 saturated heterocycles. The van der Waals surface area contributed by atoms with Gasteiger partial charge in [-0.05, 0) is 35.7 Å². The Morgan fingerprint density at radius 2 is 1.89 bits per heavy atom. The Morgan fingerprint density at radius 1 is 1.18 bits per heavy atom. The van der Waals surface area contributed by atoms with Crippen molar-refractivity contribution in [1.29, 1.82) is 0 Å². The van der Waals surface area contributed by atoms with Crippen molar-refractivity contribution in [3.8, 4) is 0 Å². The van der Waals surface area contributed by atoms with Gasteiger partial charge in [-0.3, -0.25) is 0 Å². The van der Waals surface area contributed by atoms with Gasteiger partial charge in [0.05, 0.1) is 12.6 Å². The molecule has 0 fully saturated rings. The van der Waals surface area contributed by atoms with E-state index in [2.05, 4.69) is 15.4 Å². The highest BCUT2D eigenvalue weighted by Gasteiger charge is 2.19. The summed E-state index contributed by atoms with van der Waals surface area (Å²) in [5.41, 5.74) is 2.98. The Morgan fingerprint density at radius 3 is 2.54 bits per heavy atom. The molecule has 1 aromatic heterocycles. The molecule has 1 N–H and O–H groups in total. The van der Waals surface area contributed by atoms with Crippen molar-refractivity contribution in [2.45, 2.75) is 26.1 Å². The fourth-order valence-electron chi connectivity index (χ4n) is 2.79. The molecule has 146 valence electrons. The average molecular weight is 418 g/mol. The minimum Gasteiger partial charge on any atom is -0.334 e. The van der Waals surface area contributed by atoms with Crippen LogP contribution in [0.1, 0.15) is 29.7 Å². The van der Waals surface area contributed by atoms with E-state index in [0.29, 0.717) is 23.1 Å². The molecule has 0 bridgehead atoms. The van der Waals surface area contributed by atoms with E-state index in [9.17, 15) is 4.79 Å². The van der Waals surface area contributed by atoms with Gasteiger partial charge in [0.15, 0.2) is 0 Å². The van der Waals surface area contributed by atoms with Gasteiger partial charge < -0.3 is 10.2 Å². The lowest BCUT2D eigenvalue weighted by Crippen LogP contribution is -2.38. The Labute approximate surface area is 174 Å². The van der Waals surface area contributed by atoms with Crippen molar-refractivity contribution < 1.29 is 4.79 Å². The summed E-state index contributed by atoms with van der Waals surface area (Å²) in [4.78, 5) is 18.1. The van der Waals surface area contributed by atoms with Gasteiger partial charge in [-0.1, -0.05) is 53.5 Å². The first-order valence-electron chi connectivity index (χ1n) is 8.80. The smallest absolute Gasteiger partial charge is 0.317 e. The minimum atomic E-state index is -0.185. The zero-order chi connectivity index (χ0) is 20.1. The largest absolute Gasteiger partial charge is 0.334 e. The van der Waals surface area contributed by atoms with Crippen molar-refractivity contribution in [2.75, 3.05) is 7.05 Å². The number of amides is 2. The number of nitrogens with one attached hydrogen (secondary N) is 1. The third-order valence-electron chi connectivity index (χ3n) is 4.59. The molecule has 28 heavy (non-hydrogen) atoms. The number of aromatic nitrogens is 3. The Balaban J connectivity index is 1.55. The molecule has 0 saturated carbocycles. The van der Waals surface area contributed by atoms with Gasteiger partial charge in [0.2, 0.25) is 0 Å². The number of hydrogen-bond donors (Lipinski definition) is 1. The highest BCUT2D eigenvalue weighted by atomic mass is 35.5. The molecule has 8 heteroatoms. The van der Waals surface area contributed by atoms with Crippen LogP contribution in [-0.2, 0) is 13.1 Å². The number of urea groups is 1. The van der Waals surface area contributed by atoms with E-state index in [-0.39, 0.29) is 12.1 Å². The van der Waals surface area contributed by atoms with Crippen LogP contribution in [0.25, 0.3) is 0 Å². The fourth-order valence-corrected chi connectivity index (χ4v) is 3.36. The zero-order valence-corrected chi connectivity index (χ0v) is 17.2. The number of carbonyl (C=O) groups excluding carboxylic acids is 1. The molecule has 1 atom stereocenters. The number of hydrogen-bond acceptors (Lipinski definition) is 3.